The number of carbonyl (C=O) groups excluding carboxylic acids is 1. The van der Waals surface area contributed by atoms with Crippen LogP contribution in [0.5, 0.6) is 0 Å². The Kier molecular flexibility index (Phi) is 4.55. The molecular weight excluding hydrogens is 212 g/mol. The van der Waals surface area contributed by atoms with E-state index in [0.717, 1.165) is 5.56 Å². The van der Waals surface area contributed by atoms with Gasteiger partial charge in [0.15, 0.2) is 5.69 Å². The van der Waals surface area contributed by atoms with Crippen molar-refractivity contribution in [3.05, 3.63) is 23.3 Å². The number of esters is 1. The zero-order valence-electron chi connectivity index (χ0n) is 9.11. The second-order valence-corrected chi connectivity index (χ2v) is 3.84. The van der Waals surface area contributed by atoms with Crippen LogP contribution in [0.4, 0.5) is 0 Å². The molecule has 0 aliphatic heterocycles. The van der Waals surface area contributed by atoms with E-state index in [4.69, 9.17) is 4.74 Å². The van der Waals surface area contributed by atoms with E-state index in [0.29, 0.717) is 23.9 Å². The fourth-order valence-corrected chi connectivity index (χ4v) is 1.48. The summed E-state index contributed by atoms with van der Waals surface area (Å²) in [5.74, 6) is 0.989. The Balaban J connectivity index is 2.94. The normalized spacial score (nSPS) is 10.1. The lowest BCUT2D eigenvalue weighted by Crippen LogP contribution is -2.11. The molecule has 0 unspecified atom stereocenters. The van der Waals surface area contributed by atoms with Gasteiger partial charge in [-0.15, -0.1) is 0 Å². The van der Waals surface area contributed by atoms with Crippen molar-refractivity contribution in [2.24, 2.45) is 0 Å². The highest BCUT2D eigenvalue weighted by atomic mass is 32.2. The number of nitrogens with zero attached hydrogens (tertiary/aromatic N) is 2. The molecular formula is C10H14N2O2S. The molecule has 0 radical (unpaired) electrons. The average molecular weight is 226 g/mol. The summed E-state index contributed by atoms with van der Waals surface area (Å²) in [6, 6.07) is 0. The van der Waals surface area contributed by atoms with Gasteiger partial charge in [0.1, 0.15) is 5.82 Å². The monoisotopic (exact) mass is 226 g/mol. The molecule has 1 rings (SSSR count). The van der Waals surface area contributed by atoms with Crippen LogP contribution < -0.4 is 0 Å². The first-order valence-electron chi connectivity index (χ1n) is 4.67. The third kappa shape index (κ3) is 3.20. The number of rotatable bonds is 4. The highest BCUT2D eigenvalue weighted by Gasteiger charge is 2.13. The molecule has 1 heterocycles. The number of thioether (sulfide) groups is 1. The fraction of sp³-hybridized carbons (Fsp3) is 0.500. The number of aryl methyl sites for hydroxylation is 1. The lowest BCUT2D eigenvalue weighted by atomic mass is 10.2. The standard InChI is InChI=1S/C10H14N2O2S/c1-4-14-10(13)9-7(2)5-11-8(12-9)6-15-3/h5H,4,6H2,1-3H3. The van der Waals surface area contributed by atoms with Gasteiger partial charge in [0, 0.05) is 11.8 Å². The van der Waals surface area contributed by atoms with Crippen LogP contribution in [-0.4, -0.2) is 28.8 Å². The van der Waals surface area contributed by atoms with Crippen molar-refractivity contribution in [1.82, 2.24) is 9.97 Å². The van der Waals surface area contributed by atoms with Crippen molar-refractivity contribution >= 4 is 17.7 Å². The molecule has 0 amide bonds. The predicted octanol–water partition coefficient (Wildman–Crippen LogP) is 1.82. The van der Waals surface area contributed by atoms with Crippen molar-refractivity contribution < 1.29 is 9.53 Å². The van der Waals surface area contributed by atoms with E-state index in [-0.39, 0.29) is 5.97 Å². The van der Waals surface area contributed by atoms with Gasteiger partial charge in [0.25, 0.3) is 0 Å². The fourth-order valence-electron chi connectivity index (χ4n) is 1.08. The van der Waals surface area contributed by atoms with E-state index in [1.165, 1.54) is 0 Å². The summed E-state index contributed by atoms with van der Waals surface area (Å²) < 4.78 is 4.91. The van der Waals surface area contributed by atoms with Crippen molar-refractivity contribution in [3.63, 3.8) is 0 Å². The summed E-state index contributed by atoms with van der Waals surface area (Å²) in [6.45, 7) is 3.94. The molecule has 0 aliphatic carbocycles. The van der Waals surface area contributed by atoms with Gasteiger partial charge >= 0.3 is 5.97 Å². The minimum Gasteiger partial charge on any atom is -0.461 e. The number of ether oxygens (including phenoxy) is 1. The van der Waals surface area contributed by atoms with Crippen molar-refractivity contribution in [2.75, 3.05) is 12.9 Å². The van der Waals surface area contributed by atoms with Crippen LogP contribution in [0.3, 0.4) is 0 Å². The summed E-state index contributed by atoms with van der Waals surface area (Å²) in [5.41, 5.74) is 1.12. The van der Waals surface area contributed by atoms with Crippen LogP contribution in [0, 0.1) is 6.92 Å². The first kappa shape index (κ1) is 12.0. The Bertz CT molecular complexity index is 355. The van der Waals surface area contributed by atoms with Crippen molar-refractivity contribution in [3.8, 4) is 0 Å². The SMILES string of the molecule is CCOC(=O)c1nc(CSC)ncc1C. The van der Waals surface area contributed by atoms with Crippen molar-refractivity contribution in [1.29, 1.82) is 0 Å². The first-order chi connectivity index (χ1) is 7.19. The molecule has 4 nitrogen and oxygen atoms in total. The molecule has 0 N–H and O–H groups in total. The van der Waals surface area contributed by atoms with Crippen LogP contribution >= 0.6 is 11.8 Å². The maximum absolute atomic E-state index is 11.5. The Morgan fingerprint density at radius 2 is 2.33 bits per heavy atom. The van der Waals surface area contributed by atoms with Crippen LogP contribution in [0.2, 0.25) is 0 Å². The Hall–Kier alpha value is -1.10. The van der Waals surface area contributed by atoms with E-state index in [1.807, 2.05) is 6.26 Å². The molecule has 0 fully saturated rings. The third-order valence-electron chi connectivity index (χ3n) is 1.76. The van der Waals surface area contributed by atoms with Gasteiger partial charge in [-0.25, -0.2) is 14.8 Å². The Morgan fingerprint density at radius 1 is 1.60 bits per heavy atom. The smallest absolute Gasteiger partial charge is 0.357 e. The Labute approximate surface area is 93.5 Å². The molecule has 0 atom stereocenters. The maximum atomic E-state index is 11.5. The highest BCUT2D eigenvalue weighted by molar-refractivity contribution is 7.97. The summed E-state index contributed by atoms with van der Waals surface area (Å²) in [4.78, 5) is 19.8. The number of hydrogen-bond acceptors (Lipinski definition) is 5. The molecule has 15 heavy (non-hydrogen) atoms. The van der Waals surface area contributed by atoms with E-state index in [2.05, 4.69) is 9.97 Å². The number of aromatic nitrogens is 2. The topological polar surface area (TPSA) is 52.1 Å². The molecule has 1 aromatic rings. The van der Waals surface area contributed by atoms with Gasteiger partial charge in [-0.3, -0.25) is 0 Å². The minimum atomic E-state index is -0.375. The molecule has 0 aliphatic rings. The first-order valence-corrected chi connectivity index (χ1v) is 6.07. The molecule has 1 aromatic heterocycles. The van der Waals surface area contributed by atoms with E-state index in [1.54, 1.807) is 31.8 Å². The van der Waals surface area contributed by atoms with Gasteiger partial charge < -0.3 is 4.74 Å². The molecule has 0 saturated carbocycles. The van der Waals surface area contributed by atoms with Crippen LogP contribution in [0.25, 0.3) is 0 Å². The zero-order chi connectivity index (χ0) is 11.3. The highest BCUT2D eigenvalue weighted by Crippen LogP contribution is 2.09. The second kappa shape index (κ2) is 5.70. The summed E-state index contributed by atoms with van der Waals surface area (Å²) in [5, 5.41) is 0. The van der Waals surface area contributed by atoms with Gasteiger partial charge in [-0.2, -0.15) is 11.8 Å². The predicted molar refractivity (Wildman–Crippen MR) is 59.9 cm³/mol. The summed E-state index contributed by atoms with van der Waals surface area (Å²) in [6.07, 6.45) is 3.62. The largest absolute Gasteiger partial charge is 0.461 e. The Morgan fingerprint density at radius 3 is 2.93 bits per heavy atom. The third-order valence-corrected chi connectivity index (χ3v) is 2.31. The number of carbonyl (C=O) groups is 1. The van der Waals surface area contributed by atoms with Gasteiger partial charge in [-0.1, -0.05) is 0 Å². The molecule has 82 valence electrons. The molecule has 0 aromatic carbocycles. The van der Waals surface area contributed by atoms with Gasteiger partial charge in [-0.05, 0) is 20.1 Å². The average Bonchev–Trinajstić information content (AvgIpc) is 2.21. The molecule has 0 bridgehead atoms. The maximum Gasteiger partial charge on any atom is 0.357 e. The minimum absolute atomic E-state index is 0.361. The van der Waals surface area contributed by atoms with Crippen molar-refractivity contribution in [2.45, 2.75) is 19.6 Å². The zero-order valence-corrected chi connectivity index (χ0v) is 9.93. The molecule has 5 heteroatoms. The second-order valence-electron chi connectivity index (χ2n) is 2.97. The van der Waals surface area contributed by atoms with Crippen LogP contribution in [0.1, 0.15) is 28.8 Å². The number of hydrogen-bond donors (Lipinski definition) is 0. The quantitative estimate of drug-likeness (QED) is 0.733. The van der Waals surface area contributed by atoms with E-state index >= 15 is 0 Å². The molecule has 0 saturated heterocycles. The summed E-state index contributed by atoms with van der Waals surface area (Å²) in [7, 11) is 0. The van der Waals surface area contributed by atoms with Gasteiger partial charge in [0.05, 0.1) is 12.4 Å². The lowest BCUT2D eigenvalue weighted by molar-refractivity contribution is 0.0518. The lowest BCUT2D eigenvalue weighted by Gasteiger charge is -2.05. The van der Waals surface area contributed by atoms with Gasteiger partial charge in [0.2, 0.25) is 0 Å². The van der Waals surface area contributed by atoms with Crippen LogP contribution in [-0.2, 0) is 10.5 Å². The summed E-state index contributed by atoms with van der Waals surface area (Å²) >= 11 is 1.62. The van der Waals surface area contributed by atoms with E-state index < -0.39 is 0 Å². The van der Waals surface area contributed by atoms with Crippen LogP contribution in [0.15, 0.2) is 6.20 Å². The van der Waals surface area contributed by atoms with E-state index in [9.17, 15) is 4.79 Å². The molecule has 0 spiro atoms.